The summed E-state index contributed by atoms with van der Waals surface area (Å²) in [5.41, 5.74) is 0. The molecule has 2 unspecified atom stereocenters. The first-order chi connectivity index (χ1) is 4.88. The molecule has 0 fully saturated rings. The molecule has 2 atom stereocenters. The van der Waals surface area contributed by atoms with E-state index in [0.717, 1.165) is 0 Å². The Bertz CT molecular complexity index is 129. The summed E-state index contributed by atoms with van der Waals surface area (Å²) in [7, 11) is 2.01. The highest BCUT2D eigenvalue weighted by Crippen LogP contribution is 2.15. The third-order valence-electron chi connectivity index (χ3n) is 2.05. The normalized spacial score (nSPS) is 31.0. The van der Waals surface area contributed by atoms with Gasteiger partial charge in [-0.1, -0.05) is 31.2 Å². The van der Waals surface area contributed by atoms with Crippen molar-refractivity contribution in [1.82, 2.24) is 5.32 Å². The van der Waals surface area contributed by atoms with Crippen LogP contribution in [-0.4, -0.2) is 13.1 Å². The summed E-state index contributed by atoms with van der Waals surface area (Å²) >= 11 is 0. The number of rotatable bonds is 2. The molecule has 10 heavy (non-hydrogen) atoms. The second-order valence-corrected chi connectivity index (χ2v) is 2.66. The molecule has 0 aromatic carbocycles. The SMILES string of the molecule is CCC1C=CC=CC1NC. The zero-order valence-electron chi connectivity index (χ0n) is 6.67. The summed E-state index contributed by atoms with van der Waals surface area (Å²) in [6, 6.07) is 0.551. The van der Waals surface area contributed by atoms with Gasteiger partial charge in [0.25, 0.3) is 0 Å². The average Bonchev–Trinajstić information content (AvgIpc) is 2.04. The number of hydrogen-bond acceptors (Lipinski definition) is 1. The Labute approximate surface area is 62.8 Å². The summed E-state index contributed by atoms with van der Waals surface area (Å²) in [6.45, 7) is 2.22. The number of nitrogens with one attached hydrogen (secondary N) is 1. The Hall–Kier alpha value is -0.560. The highest BCUT2D eigenvalue weighted by atomic mass is 14.9. The van der Waals surface area contributed by atoms with Gasteiger partial charge in [0.05, 0.1) is 0 Å². The van der Waals surface area contributed by atoms with Crippen molar-refractivity contribution in [2.45, 2.75) is 19.4 Å². The van der Waals surface area contributed by atoms with Gasteiger partial charge in [-0.25, -0.2) is 0 Å². The minimum absolute atomic E-state index is 0.551. The van der Waals surface area contributed by atoms with E-state index >= 15 is 0 Å². The van der Waals surface area contributed by atoms with Gasteiger partial charge in [-0.3, -0.25) is 0 Å². The lowest BCUT2D eigenvalue weighted by atomic mass is 9.93. The first kappa shape index (κ1) is 7.55. The van der Waals surface area contributed by atoms with Crippen LogP contribution in [0, 0.1) is 5.92 Å². The third kappa shape index (κ3) is 1.48. The number of hydrogen-bond donors (Lipinski definition) is 1. The molecule has 0 spiro atoms. The van der Waals surface area contributed by atoms with E-state index in [1.54, 1.807) is 0 Å². The van der Waals surface area contributed by atoms with Gasteiger partial charge in [-0.15, -0.1) is 0 Å². The van der Waals surface area contributed by atoms with Crippen molar-refractivity contribution in [2.75, 3.05) is 7.05 Å². The minimum Gasteiger partial charge on any atom is -0.313 e. The number of allylic oxidation sites excluding steroid dienone is 2. The molecule has 0 bridgehead atoms. The fourth-order valence-corrected chi connectivity index (χ4v) is 1.35. The van der Waals surface area contributed by atoms with E-state index in [0.29, 0.717) is 12.0 Å². The largest absolute Gasteiger partial charge is 0.313 e. The van der Waals surface area contributed by atoms with E-state index in [1.165, 1.54) is 6.42 Å². The van der Waals surface area contributed by atoms with Crippen molar-refractivity contribution in [2.24, 2.45) is 5.92 Å². The van der Waals surface area contributed by atoms with Gasteiger partial charge in [-0.2, -0.15) is 0 Å². The van der Waals surface area contributed by atoms with Crippen molar-refractivity contribution in [1.29, 1.82) is 0 Å². The average molecular weight is 137 g/mol. The fourth-order valence-electron chi connectivity index (χ4n) is 1.35. The zero-order valence-corrected chi connectivity index (χ0v) is 6.67. The summed E-state index contributed by atoms with van der Waals surface area (Å²) in [4.78, 5) is 0. The maximum Gasteiger partial charge on any atom is 0.0313 e. The molecule has 1 heteroatoms. The van der Waals surface area contributed by atoms with E-state index in [2.05, 4.69) is 36.5 Å². The predicted molar refractivity (Wildman–Crippen MR) is 44.9 cm³/mol. The molecule has 0 saturated heterocycles. The quantitative estimate of drug-likeness (QED) is 0.611. The Kier molecular flexibility index (Phi) is 2.69. The third-order valence-corrected chi connectivity index (χ3v) is 2.05. The summed E-state index contributed by atoms with van der Waals surface area (Å²) in [5.74, 6) is 0.690. The van der Waals surface area contributed by atoms with Crippen molar-refractivity contribution in [3.63, 3.8) is 0 Å². The lowest BCUT2D eigenvalue weighted by Crippen LogP contribution is -2.31. The molecule has 0 aromatic heterocycles. The van der Waals surface area contributed by atoms with Gasteiger partial charge >= 0.3 is 0 Å². The molecule has 0 aliphatic heterocycles. The molecular formula is C9H15N. The van der Waals surface area contributed by atoms with Crippen LogP contribution in [-0.2, 0) is 0 Å². The molecule has 0 radical (unpaired) electrons. The van der Waals surface area contributed by atoms with Crippen LogP contribution < -0.4 is 5.32 Å². The maximum absolute atomic E-state index is 3.27. The smallest absolute Gasteiger partial charge is 0.0313 e. The molecule has 0 amide bonds. The molecule has 0 saturated carbocycles. The van der Waals surface area contributed by atoms with Crippen LogP contribution >= 0.6 is 0 Å². The van der Waals surface area contributed by atoms with E-state index in [4.69, 9.17) is 0 Å². The zero-order chi connectivity index (χ0) is 7.40. The predicted octanol–water partition coefficient (Wildman–Crippen LogP) is 1.73. The molecule has 1 nitrogen and oxygen atoms in total. The Morgan fingerprint density at radius 1 is 1.30 bits per heavy atom. The van der Waals surface area contributed by atoms with Crippen LogP contribution in [0.4, 0.5) is 0 Å². The van der Waals surface area contributed by atoms with Crippen LogP contribution in [0.25, 0.3) is 0 Å². The lowest BCUT2D eigenvalue weighted by Gasteiger charge is -2.21. The van der Waals surface area contributed by atoms with E-state index in [1.807, 2.05) is 7.05 Å². The Morgan fingerprint density at radius 3 is 2.50 bits per heavy atom. The highest BCUT2D eigenvalue weighted by Gasteiger charge is 2.13. The first-order valence-corrected chi connectivity index (χ1v) is 3.90. The van der Waals surface area contributed by atoms with Gasteiger partial charge in [-0.05, 0) is 19.4 Å². The standard InChI is InChI=1S/C9H15N/c1-3-8-6-4-5-7-9(8)10-2/h4-10H,3H2,1-2H3. The van der Waals surface area contributed by atoms with Gasteiger partial charge < -0.3 is 5.32 Å². The summed E-state index contributed by atoms with van der Waals surface area (Å²) < 4.78 is 0. The van der Waals surface area contributed by atoms with Crippen molar-refractivity contribution in [3.05, 3.63) is 24.3 Å². The molecule has 0 aromatic rings. The molecule has 1 rings (SSSR count). The monoisotopic (exact) mass is 137 g/mol. The highest BCUT2D eigenvalue weighted by molar-refractivity contribution is 5.16. The van der Waals surface area contributed by atoms with E-state index < -0.39 is 0 Å². The van der Waals surface area contributed by atoms with Crippen LogP contribution in [0.3, 0.4) is 0 Å². The van der Waals surface area contributed by atoms with Crippen LogP contribution in [0.15, 0.2) is 24.3 Å². The molecule has 0 heterocycles. The van der Waals surface area contributed by atoms with Crippen molar-refractivity contribution >= 4 is 0 Å². The van der Waals surface area contributed by atoms with Crippen LogP contribution in [0.2, 0.25) is 0 Å². The van der Waals surface area contributed by atoms with Crippen LogP contribution in [0.1, 0.15) is 13.3 Å². The van der Waals surface area contributed by atoms with Gasteiger partial charge in [0.15, 0.2) is 0 Å². The second kappa shape index (κ2) is 3.57. The van der Waals surface area contributed by atoms with Gasteiger partial charge in [0.1, 0.15) is 0 Å². The minimum atomic E-state index is 0.551. The number of likely N-dealkylation sites (N-methyl/N-ethyl adjacent to an activating group) is 1. The van der Waals surface area contributed by atoms with Crippen molar-refractivity contribution < 1.29 is 0 Å². The lowest BCUT2D eigenvalue weighted by molar-refractivity contribution is 0.489. The van der Waals surface area contributed by atoms with Gasteiger partial charge in [0.2, 0.25) is 0 Å². The van der Waals surface area contributed by atoms with Crippen LogP contribution in [0.5, 0.6) is 0 Å². The fraction of sp³-hybridized carbons (Fsp3) is 0.556. The summed E-state index contributed by atoms with van der Waals surface area (Å²) in [6.07, 6.45) is 9.93. The Morgan fingerprint density at radius 2 is 2.00 bits per heavy atom. The van der Waals surface area contributed by atoms with Crippen molar-refractivity contribution in [3.8, 4) is 0 Å². The molecule has 1 aliphatic carbocycles. The van der Waals surface area contributed by atoms with Gasteiger partial charge in [0, 0.05) is 6.04 Å². The van der Waals surface area contributed by atoms with E-state index in [9.17, 15) is 0 Å². The molecule has 1 N–H and O–H groups in total. The first-order valence-electron chi connectivity index (χ1n) is 3.90. The Balaban J connectivity index is 2.55. The molecule has 1 aliphatic rings. The molecule has 56 valence electrons. The second-order valence-electron chi connectivity index (χ2n) is 2.66. The van der Waals surface area contributed by atoms with E-state index in [-0.39, 0.29) is 0 Å². The maximum atomic E-state index is 3.27. The molecular weight excluding hydrogens is 122 g/mol. The summed E-state index contributed by atoms with van der Waals surface area (Å²) in [5, 5.41) is 3.27. The topological polar surface area (TPSA) is 12.0 Å².